The van der Waals surface area contributed by atoms with E-state index in [0.717, 1.165) is 95.5 Å². The minimum Gasteiger partial charge on any atom is -0.366 e. The molecule has 3 aromatic heterocycles. The number of carbonyl (C=O) groups excluding carboxylic acids is 1. The molecule has 0 bridgehead atoms. The van der Waals surface area contributed by atoms with E-state index in [9.17, 15) is 4.79 Å². The lowest BCUT2D eigenvalue weighted by Gasteiger charge is -2.29. The van der Waals surface area contributed by atoms with Gasteiger partial charge in [-0.15, -0.1) is 0 Å². The van der Waals surface area contributed by atoms with E-state index in [1.807, 2.05) is 43.6 Å². The molecule has 4 aliphatic rings. The summed E-state index contributed by atoms with van der Waals surface area (Å²) < 4.78 is 0. The Bertz CT molecular complexity index is 1700. The second-order valence-electron chi connectivity index (χ2n) is 11.9. The van der Waals surface area contributed by atoms with Gasteiger partial charge in [-0.1, -0.05) is 0 Å². The number of rotatable bonds is 5. The van der Waals surface area contributed by atoms with Gasteiger partial charge in [0.15, 0.2) is 0 Å². The number of amides is 1. The van der Waals surface area contributed by atoms with Crippen molar-refractivity contribution in [3.63, 3.8) is 0 Å². The highest BCUT2D eigenvalue weighted by atomic mass is 16.1. The Morgan fingerprint density at radius 1 is 1.00 bits per heavy atom. The number of hydrogen-bond acceptors (Lipinski definition) is 8. The van der Waals surface area contributed by atoms with E-state index in [4.69, 9.17) is 4.98 Å². The van der Waals surface area contributed by atoms with Crippen molar-refractivity contribution in [1.29, 1.82) is 0 Å². The van der Waals surface area contributed by atoms with Crippen molar-refractivity contribution < 1.29 is 4.79 Å². The molecule has 10 nitrogen and oxygen atoms in total. The third-order valence-corrected chi connectivity index (χ3v) is 8.75. The standard InChI is InChI=1S/C33H39N9O/c1-21-15-24(39-30(43)16-22-7-10-34-11-8-22)17-23(19-36-21)26-5-6-28-32(41-26)31(38-20-37-28)29-18-25-27(40-29)9-12-35-33(25)42-13-3-2-4-14-42/h5-6,9,12,15,17-19,22,34,37-38,40-41H,2-4,7-8,10-11,13-14,16,20H2,1H3. The monoisotopic (exact) mass is 577 g/mol. The van der Waals surface area contributed by atoms with Crippen LogP contribution in [0.2, 0.25) is 0 Å². The molecule has 1 amide bonds. The Labute approximate surface area is 251 Å². The third kappa shape index (κ3) is 5.92. The molecule has 43 heavy (non-hydrogen) atoms. The summed E-state index contributed by atoms with van der Waals surface area (Å²) in [5, 5.41) is 15.8. The van der Waals surface area contributed by atoms with Crippen molar-refractivity contribution in [2.45, 2.75) is 45.4 Å². The first-order chi connectivity index (χ1) is 21.1. The van der Waals surface area contributed by atoms with Crippen molar-refractivity contribution in [3.8, 4) is 0 Å². The number of aromatic amines is 1. The molecular weight excluding hydrogens is 538 g/mol. The van der Waals surface area contributed by atoms with Gasteiger partial charge >= 0.3 is 0 Å². The maximum Gasteiger partial charge on any atom is 0.246 e. The number of nitrogens with one attached hydrogen (secondary N) is 5. The molecule has 3 aromatic rings. The van der Waals surface area contributed by atoms with Crippen LogP contribution in [0, 0.1) is 12.8 Å². The Morgan fingerprint density at radius 3 is 2.70 bits per heavy atom. The fourth-order valence-electron chi connectivity index (χ4n) is 6.48. The number of carbonyl (C=O) groups is 1. The van der Waals surface area contributed by atoms with Gasteiger partial charge in [-0.05, 0) is 94.5 Å². The Kier molecular flexibility index (Phi) is 7.67. The molecule has 0 spiro atoms. The van der Waals surface area contributed by atoms with Gasteiger partial charge in [-0.3, -0.25) is 9.78 Å². The van der Waals surface area contributed by atoms with Gasteiger partial charge in [0.05, 0.1) is 40.3 Å². The van der Waals surface area contributed by atoms with Crippen LogP contribution in [0.1, 0.15) is 55.5 Å². The first kappa shape index (κ1) is 27.4. The molecule has 0 aromatic carbocycles. The molecule has 10 heteroatoms. The molecule has 0 radical (unpaired) electrons. The van der Waals surface area contributed by atoms with E-state index in [1.54, 1.807) is 0 Å². The molecule has 5 N–H and O–H groups in total. The van der Waals surface area contributed by atoms with Gasteiger partial charge in [-0.25, -0.2) is 9.98 Å². The van der Waals surface area contributed by atoms with Crippen LogP contribution in [0.15, 0.2) is 65.2 Å². The van der Waals surface area contributed by atoms with E-state index in [0.29, 0.717) is 24.4 Å². The highest BCUT2D eigenvalue weighted by Gasteiger charge is 2.24. The molecule has 0 aliphatic carbocycles. The number of anilines is 1. The van der Waals surface area contributed by atoms with Crippen molar-refractivity contribution in [2.75, 3.05) is 37.7 Å². The Morgan fingerprint density at radius 2 is 1.84 bits per heavy atom. The molecule has 7 rings (SSSR count). The lowest BCUT2D eigenvalue weighted by molar-refractivity contribution is -0.119. The zero-order valence-electron chi connectivity index (χ0n) is 24.7. The van der Waals surface area contributed by atoms with E-state index in [-0.39, 0.29) is 5.91 Å². The average Bonchev–Trinajstić information content (AvgIpc) is 3.39. The molecule has 7 heterocycles. The minimum absolute atomic E-state index is 0.0703. The molecule has 0 atom stereocenters. The summed E-state index contributed by atoms with van der Waals surface area (Å²) in [7, 11) is 0. The van der Waals surface area contributed by atoms with Crippen LogP contribution in [0.25, 0.3) is 22.3 Å². The summed E-state index contributed by atoms with van der Waals surface area (Å²) in [6.07, 6.45) is 14.1. The number of allylic oxidation sites excluding steroid dienone is 2. The number of fused-ring (bicyclic) bond motifs is 2. The van der Waals surface area contributed by atoms with Gasteiger partial charge in [0.1, 0.15) is 5.82 Å². The number of H-pyrrole nitrogens is 1. The van der Waals surface area contributed by atoms with Gasteiger partial charge in [0.25, 0.3) is 0 Å². The molecule has 4 aliphatic heterocycles. The fourth-order valence-corrected chi connectivity index (χ4v) is 6.48. The van der Waals surface area contributed by atoms with Crippen molar-refractivity contribution >= 4 is 34.0 Å². The predicted molar refractivity (Wildman–Crippen MR) is 169 cm³/mol. The number of aromatic nitrogens is 3. The summed E-state index contributed by atoms with van der Waals surface area (Å²) in [5.41, 5.74) is 7.59. The number of pyridine rings is 1. The lowest BCUT2D eigenvalue weighted by Crippen LogP contribution is -2.39. The zero-order valence-corrected chi connectivity index (χ0v) is 24.7. The van der Waals surface area contributed by atoms with Crippen molar-refractivity contribution in [1.82, 2.24) is 36.2 Å². The van der Waals surface area contributed by atoms with E-state index in [1.165, 1.54) is 19.3 Å². The highest BCUT2D eigenvalue weighted by Crippen LogP contribution is 2.32. The van der Waals surface area contributed by atoms with E-state index < -0.39 is 0 Å². The topological polar surface area (TPSA) is 122 Å². The third-order valence-electron chi connectivity index (χ3n) is 8.75. The molecular formula is C33H39N9O. The first-order valence-corrected chi connectivity index (χ1v) is 15.5. The largest absolute Gasteiger partial charge is 0.366 e. The normalized spacial score (nSPS) is 19.7. The number of hydrogen-bond donors (Lipinski definition) is 5. The maximum absolute atomic E-state index is 12.9. The number of nitrogens with zero attached hydrogens (tertiary/aromatic N) is 4. The summed E-state index contributed by atoms with van der Waals surface area (Å²) in [6, 6.07) is 8.08. The Hall–Kier alpha value is -4.44. The van der Waals surface area contributed by atoms with Crippen LogP contribution >= 0.6 is 0 Å². The summed E-state index contributed by atoms with van der Waals surface area (Å²) in [5.74, 6) is 1.38. The van der Waals surface area contributed by atoms with Gasteiger partial charge in [0, 0.05) is 54.2 Å². The molecule has 2 fully saturated rings. The molecule has 0 saturated carbocycles. The van der Waals surface area contributed by atoms with Crippen LogP contribution in [-0.2, 0) is 4.79 Å². The minimum atomic E-state index is -0.0703. The summed E-state index contributed by atoms with van der Waals surface area (Å²) in [4.78, 5) is 32.8. The van der Waals surface area contributed by atoms with Gasteiger partial charge < -0.3 is 31.2 Å². The fraction of sp³-hybridized carbons (Fsp3) is 0.394. The van der Waals surface area contributed by atoms with Crippen LogP contribution in [0.5, 0.6) is 0 Å². The SMILES string of the molecule is Cc1cc(=NC(=O)CC2CCNCC2)cc(C2=CC=C3NCNC(c4cc5c(N6CCCCC6)nccc5[nH]4)=C3N2)cn1. The molecule has 2 saturated heterocycles. The highest BCUT2D eigenvalue weighted by molar-refractivity contribution is 5.94. The Balaban J connectivity index is 1.20. The summed E-state index contributed by atoms with van der Waals surface area (Å²) in [6.45, 7) is 6.58. The smallest absolute Gasteiger partial charge is 0.246 e. The molecule has 0 unspecified atom stereocenters. The van der Waals surface area contributed by atoms with Crippen molar-refractivity contribution in [2.24, 2.45) is 10.9 Å². The van der Waals surface area contributed by atoms with Crippen LogP contribution < -0.4 is 31.5 Å². The zero-order chi connectivity index (χ0) is 29.2. The van der Waals surface area contributed by atoms with Crippen LogP contribution in [-0.4, -0.2) is 53.7 Å². The van der Waals surface area contributed by atoms with Crippen LogP contribution in [0.3, 0.4) is 0 Å². The summed E-state index contributed by atoms with van der Waals surface area (Å²) >= 11 is 0. The lowest BCUT2D eigenvalue weighted by atomic mass is 9.94. The van der Waals surface area contributed by atoms with Crippen LogP contribution in [0.4, 0.5) is 5.82 Å². The number of aryl methyl sites for hydroxylation is 1. The average molecular weight is 578 g/mol. The van der Waals surface area contributed by atoms with E-state index >= 15 is 0 Å². The second kappa shape index (κ2) is 12.0. The van der Waals surface area contributed by atoms with E-state index in [2.05, 4.69) is 53.3 Å². The predicted octanol–water partition coefficient (Wildman–Crippen LogP) is 3.42. The molecule has 222 valence electrons. The van der Waals surface area contributed by atoms with Crippen molar-refractivity contribution in [3.05, 3.63) is 82.5 Å². The first-order valence-electron chi connectivity index (χ1n) is 15.5. The number of piperidine rings is 2. The van der Waals surface area contributed by atoms with Gasteiger partial charge in [-0.2, -0.15) is 0 Å². The quantitative estimate of drug-likeness (QED) is 0.313. The second-order valence-corrected chi connectivity index (χ2v) is 11.9. The maximum atomic E-state index is 12.9. The number of dihydropyridines is 1. The van der Waals surface area contributed by atoms with Gasteiger partial charge in [0.2, 0.25) is 5.91 Å².